The maximum atomic E-state index is 12.2. The van der Waals surface area contributed by atoms with Gasteiger partial charge < -0.3 is 4.74 Å². The molecule has 1 aromatic rings. The van der Waals surface area contributed by atoms with Crippen LogP contribution in [0.5, 0.6) is 0 Å². The molecule has 5 heteroatoms. The minimum absolute atomic E-state index is 0.0248. The van der Waals surface area contributed by atoms with E-state index in [9.17, 15) is 9.59 Å². The fourth-order valence-corrected chi connectivity index (χ4v) is 7.57. The Morgan fingerprint density at radius 2 is 1.86 bits per heavy atom. The van der Waals surface area contributed by atoms with Crippen molar-refractivity contribution in [2.24, 2.45) is 23.2 Å². The fourth-order valence-electron chi connectivity index (χ4n) is 7.57. The molecule has 4 aliphatic carbocycles. The molecule has 0 amide bonds. The van der Waals surface area contributed by atoms with Crippen LogP contribution in [-0.4, -0.2) is 27.8 Å². The number of nitrogens with zero attached hydrogens (tertiary/aromatic N) is 2. The van der Waals surface area contributed by atoms with Crippen LogP contribution in [-0.2, 0) is 21.4 Å². The first-order valence-corrected chi connectivity index (χ1v) is 11.2. The molecule has 1 aromatic heterocycles. The van der Waals surface area contributed by atoms with Gasteiger partial charge in [-0.2, -0.15) is 5.10 Å². The SMILES string of the molecule is CC(=O)O[C@H]1CC[C@@]2(C)C(=CC[C@@H]3[C@@H]2CC[C@]2(C)c4c(cnn4C(C)=O)C[C@@H]32)C1. The van der Waals surface area contributed by atoms with E-state index in [2.05, 4.69) is 25.0 Å². The van der Waals surface area contributed by atoms with Crippen molar-refractivity contribution in [3.05, 3.63) is 29.1 Å². The Hall–Kier alpha value is -1.91. The molecule has 0 N–H and O–H groups in total. The summed E-state index contributed by atoms with van der Waals surface area (Å²) in [6.45, 7) is 7.97. The monoisotopic (exact) mass is 396 g/mol. The molecule has 1 heterocycles. The van der Waals surface area contributed by atoms with E-state index in [1.165, 1.54) is 30.2 Å². The molecule has 0 aromatic carbocycles. The number of carbonyl (C=O) groups excluding carboxylic acids is 2. The van der Waals surface area contributed by atoms with Crippen molar-refractivity contribution in [3.63, 3.8) is 0 Å². The van der Waals surface area contributed by atoms with Gasteiger partial charge in [0.05, 0.1) is 11.9 Å². The molecule has 156 valence electrons. The predicted octanol–water partition coefficient (Wildman–Crippen LogP) is 4.45. The highest BCUT2D eigenvalue weighted by Gasteiger charge is 2.58. The number of allylic oxidation sites excluding steroid dienone is 1. The topological polar surface area (TPSA) is 61.2 Å². The van der Waals surface area contributed by atoms with Gasteiger partial charge in [0.15, 0.2) is 0 Å². The summed E-state index contributed by atoms with van der Waals surface area (Å²) >= 11 is 0. The number of hydrogen-bond acceptors (Lipinski definition) is 4. The highest BCUT2D eigenvalue weighted by Crippen LogP contribution is 2.64. The Bertz CT molecular complexity index is 915. The van der Waals surface area contributed by atoms with Crippen LogP contribution in [0, 0.1) is 23.2 Å². The van der Waals surface area contributed by atoms with Crippen molar-refractivity contribution < 1.29 is 14.3 Å². The smallest absolute Gasteiger partial charge is 0.302 e. The molecule has 5 rings (SSSR count). The molecule has 0 radical (unpaired) electrons. The van der Waals surface area contributed by atoms with E-state index >= 15 is 0 Å². The highest BCUT2D eigenvalue weighted by molar-refractivity contribution is 5.77. The first-order valence-electron chi connectivity index (χ1n) is 11.2. The molecule has 0 spiro atoms. The summed E-state index contributed by atoms with van der Waals surface area (Å²) < 4.78 is 7.23. The van der Waals surface area contributed by atoms with Gasteiger partial charge in [0.1, 0.15) is 6.10 Å². The van der Waals surface area contributed by atoms with Gasteiger partial charge in [0, 0.05) is 25.7 Å². The quantitative estimate of drug-likeness (QED) is 0.520. The zero-order chi connectivity index (χ0) is 20.6. The van der Waals surface area contributed by atoms with Crippen LogP contribution >= 0.6 is 0 Å². The van der Waals surface area contributed by atoms with E-state index in [-0.39, 0.29) is 28.8 Å². The van der Waals surface area contributed by atoms with Gasteiger partial charge in [-0.1, -0.05) is 25.5 Å². The van der Waals surface area contributed by atoms with E-state index in [0.717, 1.165) is 38.5 Å². The van der Waals surface area contributed by atoms with Crippen molar-refractivity contribution in [2.75, 3.05) is 0 Å². The fraction of sp³-hybridized carbons (Fsp3) is 0.708. The maximum Gasteiger partial charge on any atom is 0.302 e. The predicted molar refractivity (Wildman–Crippen MR) is 109 cm³/mol. The van der Waals surface area contributed by atoms with Gasteiger partial charge in [-0.15, -0.1) is 0 Å². The van der Waals surface area contributed by atoms with Gasteiger partial charge in [-0.25, -0.2) is 4.68 Å². The molecular weight excluding hydrogens is 364 g/mol. The number of rotatable bonds is 1. The molecule has 0 bridgehead atoms. The van der Waals surface area contributed by atoms with E-state index < -0.39 is 0 Å². The van der Waals surface area contributed by atoms with Crippen LogP contribution in [0.4, 0.5) is 0 Å². The minimum atomic E-state index is -0.162. The summed E-state index contributed by atoms with van der Waals surface area (Å²) in [5, 5.41) is 4.40. The van der Waals surface area contributed by atoms with Crippen LogP contribution in [0.25, 0.3) is 0 Å². The third kappa shape index (κ3) is 2.62. The van der Waals surface area contributed by atoms with E-state index in [1.807, 2.05) is 6.20 Å². The normalized spacial score (nSPS) is 40.2. The van der Waals surface area contributed by atoms with Crippen LogP contribution < -0.4 is 0 Å². The molecule has 2 fully saturated rings. The zero-order valence-electron chi connectivity index (χ0n) is 18.0. The number of hydrogen-bond donors (Lipinski definition) is 0. The zero-order valence-corrected chi connectivity index (χ0v) is 18.0. The Morgan fingerprint density at radius 1 is 1.10 bits per heavy atom. The van der Waals surface area contributed by atoms with E-state index in [1.54, 1.807) is 11.6 Å². The largest absolute Gasteiger partial charge is 0.462 e. The summed E-state index contributed by atoms with van der Waals surface area (Å²) in [6, 6.07) is 0. The molecule has 5 nitrogen and oxygen atoms in total. The molecule has 29 heavy (non-hydrogen) atoms. The lowest BCUT2D eigenvalue weighted by molar-refractivity contribution is -0.148. The van der Waals surface area contributed by atoms with Crippen molar-refractivity contribution in [2.45, 2.75) is 84.2 Å². The van der Waals surface area contributed by atoms with Crippen molar-refractivity contribution in [3.8, 4) is 0 Å². The number of aromatic nitrogens is 2. The van der Waals surface area contributed by atoms with Crippen LogP contribution in [0.15, 0.2) is 17.8 Å². The summed E-state index contributed by atoms with van der Waals surface area (Å²) in [5.74, 6) is 1.78. The third-order valence-electron chi connectivity index (χ3n) is 8.91. The second kappa shape index (κ2) is 6.29. The standard InChI is InChI=1S/C24H32N2O3/c1-14(27)26-22-16(13-25-26)11-21-19-6-5-17-12-18(29-15(2)28)7-9-23(17,3)20(19)8-10-24(21,22)4/h5,13,18-21H,6-12H2,1-4H3/t18-,19+,20-,21-,23-,24-/m0/s1. The first-order chi connectivity index (χ1) is 13.7. The second-order valence-corrected chi connectivity index (χ2v) is 10.3. The average Bonchev–Trinajstić information content (AvgIpc) is 3.20. The van der Waals surface area contributed by atoms with Crippen molar-refractivity contribution in [1.82, 2.24) is 9.78 Å². The van der Waals surface area contributed by atoms with Gasteiger partial charge >= 0.3 is 5.97 Å². The molecule has 2 saturated carbocycles. The van der Waals surface area contributed by atoms with Crippen molar-refractivity contribution >= 4 is 11.9 Å². The Labute approximate surface area is 172 Å². The maximum absolute atomic E-state index is 12.2. The number of esters is 1. The Morgan fingerprint density at radius 3 is 2.59 bits per heavy atom. The highest BCUT2D eigenvalue weighted by atomic mass is 16.5. The molecule has 0 saturated heterocycles. The second-order valence-electron chi connectivity index (χ2n) is 10.3. The summed E-state index contributed by atoms with van der Waals surface area (Å²) in [6.07, 6.45) is 11.9. The van der Waals surface area contributed by atoms with Gasteiger partial charge in [-0.3, -0.25) is 9.59 Å². The third-order valence-corrected chi connectivity index (χ3v) is 8.91. The Balaban J connectivity index is 1.46. The molecular formula is C24H32N2O3. The lowest BCUT2D eigenvalue weighted by Gasteiger charge is -2.57. The molecule has 4 aliphatic rings. The van der Waals surface area contributed by atoms with Crippen LogP contribution in [0.1, 0.15) is 82.3 Å². The first kappa shape index (κ1) is 19.1. The van der Waals surface area contributed by atoms with Gasteiger partial charge in [-0.05, 0) is 67.3 Å². The van der Waals surface area contributed by atoms with Gasteiger partial charge in [0.2, 0.25) is 5.91 Å². The lowest BCUT2D eigenvalue weighted by Crippen LogP contribution is -2.51. The molecule has 0 aliphatic heterocycles. The van der Waals surface area contributed by atoms with Crippen LogP contribution in [0.2, 0.25) is 0 Å². The number of fused-ring (bicyclic) bond motifs is 7. The lowest BCUT2D eigenvalue weighted by atomic mass is 9.48. The number of ether oxygens (including phenoxy) is 1. The molecule has 0 unspecified atom stereocenters. The summed E-state index contributed by atoms with van der Waals surface area (Å²) in [4.78, 5) is 23.6. The van der Waals surface area contributed by atoms with E-state index in [0.29, 0.717) is 17.8 Å². The van der Waals surface area contributed by atoms with E-state index in [4.69, 9.17) is 4.74 Å². The van der Waals surface area contributed by atoms with Gasteiger partial charge in [0.25, 0.3) is 0 Å². The average molecular weight is 397 g/mol. The molecule has 6 atom stereocenters. The Kier molecular flexibility index (Phi) is 4.14. The van der Waals surface area contributed by atoms with Crippen LogP contribution in [0.3, 0.4) is 0 Å². The summed E-state index contributed by atoms with van der Waals surface area (Å²) in [5.41, 5.74) is 4.27. The summed E-state index contributed by atoms with van der Waals surface area (Å²) in [7, 11) is 0. The minimum Gasteiger partial charge on any atom is -0.462 e. The van der Waals surface area contributed by atoms with Crippen molar-refractivity contribution in [1.29, 1.82) is 0 Å². The number of carbonyl (C=O) groups is 2.